The largest absolute Gasteiger partial charge is 0.338 e. The van der Waals surface area contributed by atoms with Gasteiger partial charge in [-0.1, -0.05) is 42.5 Å². The number of hydrogen-bond acceptors (Lipinski definition) is 3. The Labute approximate surface area is 162 Å². The smallest absolute Gasteiger partial charge is 0.255 e. The van der Waals surface area contributed by atoms with Gasteiger partial charge < -0.3 is 9.80 Å². The highest BCUT2D eigenvalue weighted by Gasteiger charge is 2.24. The van der Waals surface area contributed by atoms with Crippen LogP contribution in [0.1, 0.15) is 34.3 Å². The Morgan fingerprint density at radius 2 is 1.93 bits per heavy atom. The van der Waals surface area contributed by atoms with E-state index in [2.05, 4.69) is 30.1 Å². The van der Waals surface area contributed by atoms with Crippen LogP contribution in [0, 0.1) is 17.2 Å². The molecule has 0 N–H and O–H groups in total. The molecule has 27 heavy (non-hydrogen) atoms. The van der Waals surface area contributed by atoms with Crippen LogP contribution in [-0.2, 0) is 6.42 Å². The third-order valence-electron chi connectivity index (χ3n) is 5.28. The van der Waals surface area contributed by atoms with Crippen LogP contribution >= 0.6 is 0 Å². The number of amides is 1. The lowest BCUT2D eigenvalue weighted by Gasteiger charge is -2.34. The molecule has 1 aliphatic rings. The molecule has 4 heteroatoms. The molecule has 1 aliphatic heterocycles. The Balaban J connectivity index is 1.77. The van der Waals surface area contributed by atoms with E-state index in [1.807, 2.05) is 29.2 Å². The molecule has 2 aromatic carbocycles. The molecule has 4 nitrogen and oxygen atoms in total. The number of carbonyl (C=O) groups is 1. The lowest BCUT2D eigenvalue weighted by molar-refractivity contribution is 0.0693. The summed E-state index contributed by atoms with van der Waals surface area (Å²) < 4.78 is 0. The number of carbonyl (C=O) groups excluding carboxylic acids is 1. The molecule has 2 aromatic rings. The highest BCUT2D eigenvalue weighted by atomic mass is 16.2. The van der Waals surface area contributed by atoms with Crippen molar-refractivity contribution < 1.29 is 4.79 Å². The Kier molecular flexibility index (Phi) is 6.62. The molecule has 1 amide bonds. The van der Waals surface area contributed by atoms with E-state index in [-0.39, 0.29) is 5.91 Å². The first-order valence-corrected chi connectivity index (χ1v) is 9.68. The molecule has 1 fully saturated rings. The van der Waals surface area contributed by atoms with Gasteiger partial charge in [-0.2, -0.15) is 5.26 Å². The third-order valence-corrected chi connectivity index (χ3v) is 5.28. The number of benzene rings is 2. The fraction of sp³-hybridized carbons (Fsp3) is 0.391. The maximum atomic E-state index is 13.3. The second kappa shape index (κ2) is 9.34. The first kappa shape index (κ1) is 19.1. The average molecular weight is 361 g/mol. The van der Waals surface area contributed by atoms with Gasteiger partial charge in [-0.3, -0.25) is 4.79 Å². The zero-order valence-corrected chi connectivity index (χ0v) is 16.0. The van der Waals surface area contributed by atoms with Crippen molar-refractivity contribution in [1.29, 1.82) is 5.26 Å². The topological polar surface area (TPSA) is 47.3 Å². The molecule has 1 unspecified atom stereocenters. The highest BCUT2D eigenvalue weighted by Crippen LogP contribution is 2.19. The Morgan fingerprint density at radius 1 is 1.19 bits per heavy atom. The van der Waals surface area contributed by atoms with Gasteiger partial charge in [0, 0.05) is 19.6 Å². The molecule has 0 aromatic heterocycles. The number of nitriles is 1. The van der Waals surface area contributed by atoms with E-state index in [0.29, 0.717) is 23.6 Å². The minimum atomic E-state index is -0.0312. The van der Waals surface area contributed by atoms with Crippen LogP contribution in [0.4, 0.5) is 0 Å². The zero-order chi connectivity index (χ0) is 19.1. The maximum absolute atomic E-state index is 13.3. The predicted octanol–water partition coefficient (Wildman–Crippen LogP) is 3.58. The van der Waals surface area contributed by atoms with Crippen LogP contribution in [0.3, 0.4) is 0 Å². The summed E-state index contributed by atoms with van der Waals surface area (Å²) in [7, 11) is 2.15. The summed E-state index contributed by atoms with van der Waals surface area (Å²) in [6.07, 6.45) is 3.15. The normalized spacial score (nSPS) is 17.3. The van der Waals surface area contributed by atoms with Gasteiger partial charge in [-0.05, 0) is 56.5 Å². The fourth-order valence-corrected chi connectivity index (χ4v) is 3.86. The molecule has 0 bridgehead atoms. The van der Waals surface area contributed by atoms with Gasteiger partial charge >= 0.3 is 0 Å². The van der Waals surface area contributed by atoms with Crippen LogP contribution in [0.15, 0.2) is 54.6 Å². The molecule has 0 aliphatic carbocycles. The van der Waals surface area contributed by atoms with Gasteiger partial charge in [0.05, 0.1) is 17.2 Å². The van der Waals surface area contributed by atoms with E-state index in [9.17, 15) is 10.1 Å². The third kappa shape index (κ3) is 5.18. The zero-order valence-electron chi connectivity index (χ0n) is 16.0. The van der Waals surface area contributed by atoms with Crippen molar-refractivity contribution in [2.75, 3.05) is 33.2 Å². The molecule has 0 spiro atoms. The van der Waals surface area contributed by atoms with Crippen LogP contribution in [-0.4, -0.2) is 48.9 Å². The van der Waals surface area contributed by atoms with Crippen LogP contribution in [0.25, 0.3) is 0 Å². The predicted molar refractivity (Wildman–Crippen MR) is 107 cm³/mol. The van der Waals surface area contributed by atoms with E-state index in [0.717, 1.165) is 32.5 Å². The molecule has 1 heterocycles. The summed E-state index contributed by atoms with van der Waals surface area (Å²) in [5.41, 5.74) is 2.19. The minimum Gasteiger partial charge on any atom is -0.338 e. The van der Waals surface area contributed by atoms with Crippen molar-refractivity contribution in [3.8, 4) is 6.07 Å². The monoisotopic (exact) mass is 361 g/mol. The fourth-order valence-electron chi connectivity index (χ4n) is 3.86. The summed E-state index contributed by atoms with van der Waals surface area (Å²) in [5.74, 6) is 0.453. The quantitative estimate of drug-likeness (QED) is 0.790. The van der Waals surface area contributed by atoms with E-state index in [4.69, 9.17) is 0 Å². The first-order valence-electron chi connectivity index (χ1n) is 9.68. The molecule has 3 rings (SSSR count). The van der Waals surface area contributed by atoms with Crippen LogP contribution in [0.5, 0.6) is 0 Å². The minimum absolute atomic E-state index is 0.0312. The maximum Gasteiger partial charge on any atom is 0.255 e. The SMILES string of the molecule is CN1CCCC(CN(CCc2ccccc2)C(=O)c2ccccc2C#N)C1. The van der Waals surface area contributed by atoms with Gasteiger partial charge in [0.2, 0.25) is 0 Å². The molecular formula is C23H27N3O. The Bertz CT molecular complexity index is 797. The van der Waals surface area contributed by atoms with E-state index < -0.39 is 0 Å². The molecule has 1 saturated heterocycles. The van der Waals surface area contributed by atoms with Gasteiger partial charge in [-0.25, -0.2) is 0 Å². The highest BCUT2D eigenvalue weighted by molar-refractivity contribution is 5.96. The second-order valence-electron chi connectivity index (χ2n) is 7.41. The lowest BCUT2D eigenvalue weighted by atomic mass is 9.97. The molecule has 1 atom stereocenters. The molecule has 0 radical (unpaired) electrons. The van der Waals surface area contributed by atoms with Gasteiger partial charge in [0.1, 0.15) is 0 Å². The number of piperidine rings is 1. The van der Waals surface area contributed by atoms with Crippen molar-refractivity contribution in [3.05, 3.63) is 71.3 Å². The summed E-state index contributed by atoms with van der Waals surface area (Å²) in [6.45, 7) is 3.57. The standard InChI is InChI=1S/C23H27N3O/c1-25-14-7-10-20(17-25)18-26(15-13-19-8-3-2-4-9-19)23(27)22-12-6-5-11-21(22)16-24/h2-6,8-9,11-12,20H,7,10,13-15,17-18H2,1H3. The van der Waals surface area contributed by atoms with Crippen molar-refractivity contribution in [3.63, 3.8) is 0 Å². The summed E-state index contributed by atoms with van der Waals surface area (Å²) >= 11 is 0. The Morgan fingerprint density at radius 3 is 2.67 bits per heavy atom. The number of nitrogens with zero attached hydrogens (tertiary/aromatic N) is 3. The van der Waals surface area contributed by atoms with Crippen molar-refractivity contribution in [2.45, 2.75) is 19.3 Å². The number of hydrogen-bond donors (Lipinski definition) is 0. The summed E-state index contributed by atoms with van der Waals surface area (Å²) in [6, 6.07) is 19.5. The van der Waals surface area contributed by atoms with E-state index >= 15 is 0 Å². The summed E-state index contributed by atoms with van der Waals surface area (Å²) in [4.78, 5) is 17.6. The van der Waals surface area contributed by atoms with E-state index in [1.54, 1.807) is 18.2 Å². The van der Waals surface area contributed by atoms with Crippen LogP contribution < -0.4 is 0 Å². The lowest BCUT2D eigenvalue weighted by Crippen LogP contribution is -2.42. The van der Waals surface area contributed by atoms with Gasteiger partial charge in [0.25, 0.3) is 5.91 Å². The summed E-state index contributed by atoms with van der Waals surface area (Å²) in [5, 5.41) is 9.39. The number of rotatable bonds is 6. The Hall–Kier alpha value is -2.64. The van der Waals surface area contributed by atoms with Crippen molar-refractivity contribution in [1.82, 2.24) is 9.80 Å². The van der Waals surface area contributed by atoms with Crippen LogP contribution in [0.2, 0.25) is 0 Å². The molecule has 140 valence electrons. The molecular weight excluding hydrogens is 334 g/mol. The van der Waals surface area contributed by atoms with Crippen molar-refractivity contribution in [2.24, 2.45) is 5.92 Å². The van der Waals surface area contributed by atoms with Gasteiger partial charge in [-0.15, -0.1) is 0 Å². The molecule has 0 saturated carbocycles. The second-order valence-corrected chi connectivity index (χ2v) is 7.41. The first-order chi connectivity index (χ1) is 13.2. The van der Waals surface area contributed by atoms with Gasteiger partial charge in [0.15, 0.2) is 0 Å². The van der Waals surface area contributed by atoms with E-state index in [1.165, 1.54) is 12.0 Å². The van der Waals surface area contributed by atoms with Crippen molar-refractivity contribution >= 4 is 5.91 Å². The number of likely N-dealkylation sites (tertiary alicyclic amines) is 1. The average Bonchev–Trinajstić information content (AvgIpc) is 2.71.